The van der Waals surface area contributed by atoms with E-state index < -0.39 is 33.7 Å². The van der Waals surface area contributed by atoms with Crippen molar-refractivity contribution in [2.45, 2.75) is 23.8 Å². The van der Waals surface area contributed by atoms with Crippen LogP contribution in [0, 0.1) is 11.6 Å². The third-order valence-electron chi connectivity index (χ3n) is 5.27. The van der Waals surface area contributed by atoms with Crippen LogP contribution in [0.2, 0.25) is 5.02 Å². The van der Waals surface area contributed by atoms with Gasteiger partial charge in [-0.15, -0.1) is 0 Å². The van der Waals surface area contributed by atoms with Crippen LogP contribution in [0.1, 0.15) is 12.0 Å². The van der Waals surface area contributed by atoms with E-state index in [1.165, 1.54) is 34.1 Å². The molecule has 0 aromatic heterocycles. The fourth-order valence-electron chi connectivity index (χ4n) is 3.44. The molecule has 0 radical (unpaired) electrons. The molecule has 2 aromatic carbocycles. The molecule has 0 unspecified atom stereocenters. The molecule has 3 amide bonds. The number of hydrogen-bond acceptors (Lipinski definition) is 5. The second kappa shape index (κ2) is 11.0. The van der Waals surface area contributed by atoms with E-state index in [2.05, 4.69) is 15.9 Å². The molecule has 184 valence electrons. The number of sulfonamides is 1. The Morgan fingerprint density at radius 2 is 1.65 bits per heavy atom. The number of amides is 3. The minimum absolute atomic E-state index is 0.00118. The van der Waals surface area contributed by atoms with Crippen LogP contribution < -0.4 is 10.5 Å². The number of nitrogens with zero attached hydrogens (tertiary/aromatic N) is 2. The van der Waals surface area contributed by atoms with Gasteiger partial charge in [0.05, 0.1) is 9.37 Å². The number of halogens is 4. The first-order chi connectivity index (χ1) is 16.0. The van der Waals surface area contributed by atoms with Crippen molar-refractivity contribution in [1.29, 1.82) is 0 Å². The zero-order valence-electron chi connectivity index (χ0n) is 17.8. The molecule has 1 aliphatic heterocycles. The maximum Gasteiger partial charge on any atom is 0.331 e. The van der Waals surface area contributed by atoms with E-state index in [9.17, 15) is 26.8 Å². The van der Waals surface area contributed by atoms with Crippen molar-refractivity contribution in [2.24, 2.45) is 5.73 Å². The highest BCUT2D eigenvalue weighted by atomic mass is 79.9. The molecule has 3 rings (SSSR count). The molecule has 13 heteroatoms. The Morgan fingerprint density at radius 3 is 2.26 bits per heavy atom. The SMILES string of the molecule is N[C@@H](CC(=O)N1CCN(C(=O)NS(=O)(=O)c2ccc(Cl)cc2)CC1)Cc1cc(F)c(Br)cc1F. The molecular formula is C21H22BrClF2N4O4S. The fraction of sp³-hybridized carbons (Fsp3) is 0.333. The Kier molecular flexibility index (Phi) is 8.50. The van der Waals surface area contributed by atoms with Crippen LogP contribution in [0.3, 0.4) is 0 Å². The van der Waals surface area contributed by atoms with Crippen molar-refractivity contribution in [3.8, 4) is 0 Å². The summed E-state index contributed by atoms with van der Waals surface area (Å²) in [7, 11) is -4.07. The Hall–Kier alpha value is -2.28. The summed E-state index contributed by atoms with van der Waals surface area (Å²) in [5, 5.41) is 0.361. The molecule has 3 N–H and O–H groups in total. The van der Waals surface area contributed by atoms with Gasteiger partial charge in [-0.1, -0.05) is 11.6 Å². The van der Waals surface area contributed by atoms with Crippen LogP contribution in [-0.4, -0.2) is 62.4 Å². The minimum Gasteiger partial charge on any atom is -0.339 e. The second-order valence-electron chi connectivity index (χ2n) is 7.76. The first-order valence-corrected chi connectivity index (χ1v) is 12.9. The quantitative estimate of drug-likeness (QED) is 0.511. The lowest BCUT2D eigenvalue weighted by Crippen LogP contribution is -2.54. The van der Waals surface area contributed by atoms with Crippen LogP contribution in [0.25, 0.3) is 0 Å². The zero-order valence-corrected chi connectivity index (χ0v) is 21.0. The first-order valence-electron chi connectivity index (χ1n) is 10.2. The smallest absolute Gasteiger partial charge is 0.331 e. The third kappa shape index (κ3) is 6.65. The van der Waals surface area contributed by atoms with Gasteiger partial charge in [-0.2, -0.15) is 0 Å². The van der Waals surface area contributed by atoms with Crippen molar-refractivity contribution in [3.63, 3.8) is 0 Å². The van der Waals surface area contributed by atoms with Gasteiger partial charge in [0.1, 0.15) is 11.6 Å². The maximum atomic E-state index is 14.0. The van der Waals surface area contributed by atoms with E-state index in [-0.39, 0.29) is 59.9 Å². The Morgan fingerprint density at radius 1 is 1.06 bits per heavy atom. The summed E-state index contributed by atoms with van der Waals surface area (Å²) < 4.78 is 54.4. The van der Waals surface area contributed by atoms with Crippen LogP contribution in [0.4, 0.5) is 13.6 Å². The molecule has 2 aromatic rings. The molecule has 0 saturated carbocycles. The Balaban J connectivity index is 1.50. The molecule has 1 fully saturated rings. The molecule has 1 saturated heterocycles. The molecular weight excluding hydrogens is 558 g/mol. The number of piperazine rings is 1. The monoisotopic (exact) mass is 578 g/mol. The van der Waals surface area contributed by atoms with E-state index in [1.54, 1.807) is 0 Å². The largest absolute Gasteiger partial charge is 0.339 e. The highest BCUT2D eigenvalue weighted by molar-refractivity contribution is 9.10. The molecule has 1 aliphatic rings. The van der Waals surface area contributed by atoms with E-state index >= 15 is 0 Å². The summed E-state index contributed by atoms with van der Waals surface area (Å²) in [6.07, 6.45) is -0.110. The van der Waals surface area contributed by atoms with E-state index in [1.807, 2.05) is 4.72 Å². The summed E-state index contributed by atoms with van der Waals surface area (Å²) in [5.74, 6) is -1.54. The average Bonchev–Trinajstić information content (AvgIpc) is 2.77. The van der Waals surface area contributed by atoms with Crippen molar-refractivity contribution in [3.05, 3.63) is 63.1 Å². The lowest BCUT2D eigenvalue weighted by molar-refractivity contribution is -0.132. The predicted octanol–water partition coefficient (Wildman–Crippen LogP) is 2.88. The lowest BCUT2D eigenvalue weighted by Gasteiger charge is -2.35. The molecule has 1 atom stereocenters. The number of nitrogens with one attached hydrogen (secondary N) is 1. The second-order valence-corrected chi connectivity index (χ2v) is 10.7. The normalized spacial score (nSPS) is 15.2. The van der Waals surface area contributed by atoms with Crippen LogP contribution in [0.5, 0.6) is 0 Å². The van der Waals surface area contributed by atoms with Crippen molar-refractivity contribution >= 4 is 49.5 Å². The van der Waals surface area contributed by atoms with Crippen LogP contribution >= 0.6 is 27.5 Å². The number of nitrogens with two attached hydrogens (primary N) is 1. The Bertz CT molecular complexity index is 1180. The van der Waals surface area contributed by atoms with Gasteiger partial charge in [-0.3, -0.25) is 4.79 Å². The van der Waals surface area contributed by atoms with Gasteiger partial charge in [0.25, 0.3) is 10.0 Å². The molecule has 1 heterocycles. The topological polar surface area (TPSA) is 113 Å². The highest BCUT2D eigenvalue weighted by Gasteiger charge is 2.28. The molecule has 34 heavy (non-hydrogen) atoms. The molecule has 0 bridgehead atoms. The number of hydrogen-bond donors (Lipinski definition) is 2. The predicted molar refractivity (Wildman–Crippen MR) is 126 cm³/mol. The fourth-order valence-corrected chi connectivity index (χ4v) is 4.85. The van der Waals surface area contributed by atoms with Crippen LogP contribution in [0.15, 0.2) is 45.8 Å². The van der Waals surface area contributed by atoms with Gasteiger partial charge in [0.2, 0.25) is 5.91 Å². The summed E-state index contributed by atoms with van der Waals surface area (Å²) in [6.45, 7) is 0.605. The van der Waals surface area contributed by atoms with Gasteiger partial charge < -0.3 is 15.5 Å². The van der Waals surface area contributed by atoms with Gasteiger partial charge in [-0.25, -0.2) is 26.7 Å². The van der Waals surface area contributed by atoms with Gasteiger partial charge >= 0.3 is 6.03 Å². The Labute approximate surface area is 209 Å². The average molecular weight is 580 g/mol. The molecule has 8 nitrogen and oxygen atoms in total. The molecule has 0 spiro atoms. The summed E-state index contributed by atoms with van der Waals surface area (Å²) in [6, 6.07) is 5.89. The molecule has 0 aliphatic carbocycles. The van der Waals surface area contributed by atoms with E-state index in [4.69, 9.17) is 17.3 Å². The van der Waals surface area contributed by atoms with Gasteiger partial charge in [0.15, 0.2) is 0 Å². The number of urea groups is 1. The summed E-state index contributed by atoms with van der Waals surface area (Å²) in [5.41, 5.74) is 6.06. The number of benzene rings is 2. The third-order valence-corrected chi connectivity index (χ3v) is 7.47. The van der Waals surface area contributed by atoms with Gasteiger partial charge in [0, 0.05) is 43.7 Å². The maximum absolute atomic E-state index is 14.0. The van der Waals surface area contributed by atoms with Gasteiger partial charge in [-0.05, 0) is 64.3 Å². The highest BCUT2D eigenvalue weighted by Crippen LogP contribution is 2.21. The zero-order chi connectivity index (χ0) is 25.0. The lowest BCUT2D eigenvalue weighted by atomic mass is 10.0. The first kappa shape index (κ1) is 26.3. The van der Waals surface area contributed by atoms with Crippen molar-refractivity contribution in [1.82, 2.24) is 14.5 Å². The van der Waals surface area contributed by atoms with Crippen LogP contribution in [-0.2, 0) is 21.2 Å². The summed E-state index contributed by atoms with van der Waals surface area (Å²) >= 11 is 8.66. The number of carbonyl (C=O) groups is 2. The van der Waals surface area contributed by atoms with E-state index in [0.29, 0.717) is 5.02 Å². The number of carbonyl (C=O) groups excluding carboxylic acids is 2. The standard InChI is InChI=1S/C21H22BrClF2N4O4S/c22-17-12-18(24)13(10-19(17)25)9-15(26)11-20(30)28-5-7-29(8-6-28)21(31)27-34(32,33)16-3-1-14(23)2-4-16/h1-4,10,12,15H,5-9,11,26H2,(H,27,31)/t15-/m1/s1. The summed E-state index contributed by atoms with van der Waals surface area (Å²) in [4.78, 5) is 27.7. The van der Waals surface area contributed by atoms with E-state index in [0.717, 1.165) is 12.1 Å². The van der Waals surface area contributed by atoms with Crippen molar-refractivity contribution < 1.29 is 26.8 Å². The minimum atomic E-state index is -4.07. The number of rotatable bonds is 6. The van der Waals surface area contributed by atoms with Crippen molar-refractivity contribution in [2.75, 3.05) is 26.2 Å².